The number of amides is 1. The molecule has 0 radical (unpaired) electrons. The highest BCUT2D eigenvalue weighted by Gasteiger charge is 2.15. The summed E-state index contributed by atoms with van der Waals surface area (Å²) < 4.78 is 5.01. The molecule has 0 heterocycles. The summed E-state index contributed by atoms with van der Waals surface area (Å²) in [6.45, 7) is 5.32. The number of carbonyl (C=O) groups is 1. The molecule has 0 aromatic heterocycles. The van der Waals surface area contributed by atoms with Gasteiger partial charge in [0.15, 0.2) is 0 Å². The van der Waals surface area contributed by atoms with Crippen LogP contribution in [0.1, 0.15) is 31.9 Å². The number of hydrazone groups is 1. The molecule has 1 aromatic carbocycles. The van der Waals surface area contributed by atoms with Crippen molar-refractivity contribution in [2.24, 2.45) is 5.10 Å². The highest BCUT2D eigenvalue weighted by atomic mass is 16.6. The van der Waals surface area contributed by atoms with Crippen molar-refractivity contribution >= 4 is 12.3 Å². The molecule has 1 amide bonds. The fourth-order valence-corrected chi connectivity index (χ4v) is 1.10. The Morgan fingerprint density at radius 1 is 1.39 bits per heavy atom. The molecule has 0 saturated carbocycles. The Morgan fingerprint density at radius 3 is 2.50 bits per heavy atom. The van der Waals surface area contributed by atoms with Crippen LogP contribution >= 0.6 is 0 Å². The summed E-state index contributed by atoms with van der Waals surface area (Å²) >= 11 is 0. The van der Waals surface area contributed by atoms with Crippen LogP contribution in [0.4, 0.5) is 4.79 Å². The summed E-state index contributed by atoms with van der Waals surface area (Å²) in [5, 5.41) is 12.4. The molecule has 0 atom stereocenters. The SMILES string of the molecule is CC(C)(C)OC(=O)N/N=C/c1ccc(C#N)cc1. The van der Waals surface area contributed by atoms with Gasteiger partial charge in [-0.1, -0.05) is 12.1 Å². The van der Waals surface area contributed by atoms with Crippen molar-refractivity contribution in [1.82, 2.24) is 5.43 Å². The van der Waals surface area contributed by atoms with Gasteiger partial charge in [-0.3, -0.25) is 0 Å². The highest BCUT2D eigenvalue weighted by molar-refractivity contribution is 5.81. The van der Waals surface area contributed by atoms with Crippen LogP contribution < -0.4 is 5.43 Å². The topological polar surface area (TPSA) is 74.5 Å². The van der Waals surface area contributed by atoms with E-state index >= 15 is 0 Å². The van der Waals surface area contributed by atoms with Gasteiger partial charge in [-0.25, -0.2) is 10.2 Å². The lowest BCUT2D eigenvalue weighted by Crippen LogP contribution is -2.29. The Balaban J connectivity index is 2.50. The molecule has 0 aliphatic rings. The van der Waals surface area contributed by atoms with Crippen LogP contribution in [0.25, 0.3) is 0 Å². The number of nitrogens with zero attached hydrogens (tertiary/aromatic N) is 2. The van der Waals surface area contributed by atoms with Crippen molar-refractivity contribution in [3.63, 3.8) is 0 Å². The number of rotatable bonds is 2. The van der Waals surface area contributed by atoms with E-state index in [1.54, 1.807) is 45.0 Å². The van der Waals surface area contributed by atoms with Crippen molar-refractivity contribution in [3.8, 4) is 6.07 Å². The second-order valence-electron chi connectivity index (χ2n) is 4.61. The van der Waals surface area contributed by atoms with Gasteiger partial charge in [0.25, 0.3) is 0 Å². The molecular weight excluding hydrogens is 230 g/mol. The third-order valence-electron chi connectivity index (χ3n) is 1.81. The first-order valence-electron chi connectivity index (χ1n) is 5.43. The lowest BCUT2D eigenvalue weighted by atomic mass is 10.2. The first-order valence-corrected chi connectivity index (χ1v) is 5.43. The van der Waals surface area contributed by atoms with Crippen molar-refractivity contribution < 1.29 is 9.53 Å². The quantitative estimate of drug-likeness (QED) is 0.642. The van der Waals surface area contributed by atoms with E-state index in [0.717, 1.165) is 5.56 Å². The van der Waals surface area contributed by atoms with Gasteiger partial charge in [0.05, 0.1) is 17.8 Å². The number of benzene rings is 1. The zero-order valence-corrected chi connectivity index (χ0v) is 10.6. The predicted molar refractivity (Wildman–Crippen MR) is 68.1 cm³/mol. The smallest absolute Gasteiger partial charge is 0.428 e. The zero-order valence-electron chi connectivity index (χ0n) is 10.6. The van der Waals surface area contributed by atoms with Gasteiger partial charge in [0, 0.05) is 0 Å². The molecule has 1 rings (SSSR count). The van der Waals surface area contributed by atoms with Crippen molar-refractivity contribution in [2.45, 2.75) is 26.4 Å². The lowest BCUT2D eigenvalue weighted by molar-refractivity contribution is 0.0529. The van der Waals surface area contributed by atoms with Gasteiger partial charge in [-0.05, 0) is 38.5 Å². The summed E-state index contributed by atoms with van der Waals surface area (Å²) in [5.74, 6) is 0. The fraction of sp³-hybridized carbons (Fsp3) is 0.308. The van der Waals surface area contributed by atoms with Gasteiger partial charge < -0.3 is 4.74 Å². The van der Waals surface area contributed by atoms with Gasteiger partial charge >= 0.3 is 6.09 Å². The molecule has 0 bridgehead atoms. The lowest BCUT2D eigenvalue weighted by Gasteiger charge is -2.18. The van der Waals surface area contributed by atoms with Crippen LogP contribution in [0.15, 0.2) is 29.4 Å². The van der Waals surface area contributed by atoms with Gasteiger partial charge in [-0.15, -0.1) is 0 Å². The summed E-state index contributed by atoms with van der Waals surface area (Å²) in [6, 6.07) is 8.84. The normalized spacial score (nSPS) is 11.0. The number of hydrogen-bond acceptors (Lipinski definition) is 4. The monoisotopic (exact) mass is 245 g/mol. The van der Waals surface area contributed by atoms with Crippen LogP contribution in [0.5, 0.6) is 0 Å². The molecule has 5 heteroatoms. The molecule has 0 aliphatic heterocycles. The molecule has 1 N–H and O–H groups in total. The number of nitriles is 1. The molecule has 18 heavy (non-hydrogen) atoms. The van der Waals surface area contributed by atoms with Gasteiger partial charge in [0.1, 0.15) is 5.60 Å². The van der Waals surface area contributed by atoms with Crippen molar-refractivity contribution in [3.05, 3.63) is 35.4 Å². The molecular formula is C13H15N3O2. The Kier molecular flexibility index (Phi) is 4.44. The van der Waals surface area contributed by atoms with E-state index in [0.29, 0.717) is 5.56 Å². The molecule has 5 nitrogen and oxygen atoms in total. The number of hydrogen-bond donors (Lipinski definition) is 1. The number of nitrogens with one attached hydrogen (secondary N) is 1. The fourth-order valence-electron chi connectivity index (χ4n) is 1.10. The van der Waals surface area contributed by atoms with E-state index < -0.39 is 11.7 Å². The Hall–Kier alpha value is -2.35. The minimum Gasteiger partial charge on any atom is -0.443 e. The number of carbonyl (C=O) groups excluding carboxylic acids is 1. The number of ether oxygens (including phenoxy) is 1. The van der Waals surface area contributed by atoms with Gasteiger partial charge in [-0.2, -0.15) is 10.4 Å². The van der Waals surface area contributed by atoms with E-state index in [4.69, 9.17) is 10.00 Å². The van der Waals surface area contributed by atoms with Crippen molar-refractivity contribution in [2.75, 3.05) is 0 Å². The van der Waals surface area contributed by atoms with Crippen LogP contribution in [0.3, 0.4) is 0 Å². The third-order valence-corrected chi connectivity index (χ3v) is 1.81. The van der Waals surface area contributed by atoms with E-state index in [1.807, 2.05) is 6.07 Å². The molecule has 1 aromatic rings. The Morgan fingerprint density at radius 2 is 2.00 bits per heavy atom. The maximum Gasteiger partial charge on any atom is 0.428 e. The van der Waals surface area contributed by atoms with E-state index in [1.165, 1.54) is 6.21 Å². The Labute approximate surface area is 106 Å². The maximum absolute atomic E-state index is 11.3. The van der Waals surface area contributed by atoms with Crippen LogP contribution in [0.2, 0.25) is 0 Å². The summed E-state index contributed by atoms with van der Waals surface area (Å²) in [4.78, 5) is 11.3. The van der Waals surface area contributed by atoms with Crippen molar-refractivity contribution in [1.29, 1.82) is 5.26 Å². The molecule has 0 saturated heterocycles. The average molecular weight is 245 g/mol. The van der Waals surface area contributed by atoms with Crippen LogP contribution in [0, 0.1) is 11.3 Å². The van der Waals surface area contributed by atoms with Crippen LogP contribution in [-0.2, 0) is 4.74 Å². The second-order valence-corrected chi connectivity index (χ2v) is 4.61. The summed E-state index contributed by atoms with van der Waals surface area (Å²) in [6.07, 6.45) is 0.873. The molecule has 0 spiro atoms. The third kappa shape index (κ3) is 5.12. The minimum atomic E-state index is -0.604. The average Bonchev–Trinajstić information content (AvgIpc) is 2.27. The molecule has 0 fully saturated rings. The van der Waals surface area contributed by atoms with E-state index in [2.05, 4.69) is 10.5 Å². The van der Waals surface area contributed by atoms with E-state index in [9.17, 15) is 4.79 Å². The standard InChI is InChI=1S/C13H15N3O2/c1-13(2,3)18-12(17)16-15-9-11-6-4-10(8-14)5-7-11/h4-7,9H,1-3H3,(H,16,17)/b15-9+. The van der Waals surface area contributed by atoms with Crippen LogP contribution in [-0.4, -0.2) is 17.9 Å². The molecule has 0 unspecified atom stereocenters. The Bertz CT molecular complexity index is 478. The van der Waals surface area contributed by atoms with Gasteiger partial charge in [0.2, 0.25) is 0 Å². The minimum absolute atomic E-state index is 0.548. The second kappa shape index (κ2) is 5.82. The zero-order chi connectivity index (χ0) is 13.6. The largest absolute Gasteiger partial charge is 0.443 e. The van der Waals surface area contributed by atoms with E-state index in [-0.39, 0.29) is 0 Å². The first-order chi connectivity index (χ1) is 8.40. The first kappa shape index (κ1) is 13.7. The highest BCUT2D eigenvalue weighted by Crippen LogP contribution is 2.06. The molecule has 94 valence electrons. The molecule has 0 aliphatic carbocycles. The maximum atomic E-state index is 11.3. The summed E-state index contributed by atoms with van der Waals surface area (Å²) in [7, 11) is 0. The predicted octanol–water partition coefficient (Wildman–Crippen LogP) is 2.42. The summed E-state index contributed by atoms with van der Waals surface area (Å²) in [5.41, 5.74) is 3.07.